The van der Waals surface area contributed by atoms with Crippen molar-refractivity contribution in [3.05, 3.63) is 143 Å². The predicted molar refractivity (Wildman–Crippen MR) is 255 cm³/mol. The maximum Gasteiger partial charge on any atom is 0.333 e. The second-order valence-electron chi connectivity index (χ2n) is 20.8. The van der Waals surface area contributed by atoms with E-state index in [4.69, 9.17) is 28.4 Å². The summed E-state index contributed by atoms with van der Waals surface area (Å²) in [5, 5.41) is 0. The third kappa shape index (κ3) is 16.0. The topological polar surface area (TPSA) is 89.5 Å². The monoisotopic (exact) mass is 861 g/mol. The molecule has 2 atom stereocenters. The molecule has 0 saturated heterocycles. The molecule has 0 aliphatic carbocycles. The van der Waals surface area contributed by atoms with E-state index in [1.165, 1.54) is 22.3 Å². The van der Waals surface area contributed by atoms with Crippen LogP contribution in [0.1, 0.15) is 130 Å². The first-order valence-electron chi connectivity index (χ1n) is 21.9. The Morgan fingerprint density at radius 2 is 0.683 bits per heavy atom. The van der Waals surface area contributed by atoms with Crippen LogP contribution in [0.2, 0.25) is 0 Å². The van der Waals surface area contributed by atoms with Crippen molar-refractivity contribution in [2.24, 2.45) is 0 Å². The minimum atomic E-state index is -0.668. The lowest BCUT2D eigenvalue weighted by Gasteiger charge is -2.26. The van der Waals surface area contributed by atoms with E-state index in [0.717, 1.165) is 22.6 Å². The summed E-state index contributed by atoms with van der Waals surface area (Å²) < 4.78 is 36.3. The van der Waals surface area contributed by atoms with Gasteiger partial charge in [-0.25, -0.2) is 9.59 Å². The highest BCUT2D eigenvalue weighted by Gasteiger charge is 2.25. The first kappa shape index (κ1) is 50.1. The van der Waals surface area contributed by atoms with Crippen LogP contribution in [0.15, 0.2) is 109 Å². The van der Waals surface area contributed by atoms with Crippen LogP contribution in [-0.2, 0) is 47.1 Å². The van der Waals surface area contributed by atoms with E-state index in [-0.39, 0.29) is 48.1 Å². The Morgan fingerprint density at radius 1 is 0.429 bits per heavy atom. The van der Waals surface area contributed by atoms with Crippen molar-refractivity contribution in [2.75, 3.05) is 26.4 Å². The van der Waals surface area contributed by atoms with Gasteiger partial charge in [0.25, 0.3) is 0 Å². The van der Waals surface area contributed by atoms with E-state index < -0.39 is 24.1 Å². The summed E-state index contributed by atoms with van der Waals surface area (Å²) in [7, 11) is 0. The molecule has 0 aromatic heterocycles. The Balaban J connectivity index is 1.37. The molecule has 0 fully saturated rings. The molecule has 0 heterocycles. The van der Waals surface area contributed by atoms with Gasteiger partial charge in [0.15, 0.2) is 12.2 Å². The summed E-state index contributed by atoms with van der Waals surface area (Å²) in [6, 6.07) is 28.4. The predicted octanol–water partition coefficient (Wildman–Crippen LogP) is 12.4. The first-order chi connectivity index (χ1) is 29.2. The van der Waals surface area contributed by atoms with Gasteiger partial charge < -0.3 is 28.4 Å². The average Bonchev–Trinajstić information content (AvgIpc) is 3.19. The second kappa shape index (κ2) is 20.8. The van der Waals surface area contributed by atoms with Gasteiger partial charge in [0.1, 0.15) is 49.4 Å². The van der Waals surface area contributed by atoms with Crippen molar-refractivity contribution in [2.45, 2.75) is 137 Å². The Hall–Kier alpha value is -5.50. The molecule has 2 unspecified atom stereocenters. The number of carbonyl (C=O) groups is 2. The number of hydrogen-bond acceptors (Lipinski definition) is 8. The number of hydrogen-bond donors (Lipinski definition) is 0. The van der Waals surface area contributed by atoms with Crippen LogP contribution in [0.4, 0.5) is 0 Å². The van der Waals surface area contributed by atoms with Crippen LogP contribution in [0.25, 0.3) is 0 Å². The normalized spacial score (nSPS) is 13.0. The molecule has 0 amide bonds. The molecule has 0 radical (unpaired) electrons. The first-order valence-corrected chi connectivity index (χ1v) is 21.9. The number of ether oxygens (including phenoxy) is 6. The van der Waals surface area contributed by atoms with Gasteiger partial charge in [0, 0.05) is 11.1 Å². The van der Waals surface area contributed by atoms with Crippen LogP contribution in [0.3, 0.4) is 0 Å². The molecule has 0 spiro atoms. The van der Waals surface area contributed by atoms with Crippen LogP contribution in [0, 0.1) is 0 Å². The van der Waals surface area contributed by atoms with Gasteiger partial charge in [0.05, 0.1) is 0 Å². The van der Waals surface area contributed by atoms with Crippen LogP contribution < -0.4 is 18.9 Å². The molecule has 0 aliphatic heterocycles. The second-order valence-corrected chi connectivity index (χ2v) is 20.8. The zero-order chi connectivity index (χ0) is 46.9. The van der Waals surface area contributed by atoms with Gasteiger partial charge >= 0.3 is 11.9 Å². The fraction of sp³-hybridized carbons (Fsp3) is 0.455. The summed E-state index contributed by atoms with van der Waals surface area (Å²) in [5.74, 6) is 1.74. The molecular weight excluding hydrogens is 789 g/mol. The molecule has 4 rings (SSSR count). The standard InChI is InChI=1S/C55H72O8/c1-36(2)50(56)62-48(34-60-46-28-40(52(5,6)7)26-41(29-46)53(8,9)10)32-58-44-21-17-38(18-22-44)25-39-19-23-45(24-20-39)59-33-49(63-51(57)37(3)4)35-61-47-30-42(54(11,12)13)27-43(31-47)55(14,15)16/h17-24,26-31,48-49H,1,3,25,32-35H2,2,4-16H3. The van der Waals surface area contributed by atoms with E-state index in [2.05, 4.69) is 133 Å². The lowest BCUT2D eigenvalue weighted by atomic mass is 9.80. The van der Waals surface area contributed by atoms with E-state index in [9.17, 15) is 9.59 Å². The van der Waals surface area contributed by atoms with Gasteiger partial charge in [-0.15, -0.1) is 0 Å². The number of rotatable bonds is 18. The number of esters is 2. The Labute approximate surface area is 378 Å². The largest absolute Gasteiger partial charge is 0.490 e. The van der Waals surface area contributed by atoms with E-state index in [1.54, 1.807) is 13.8 Å². The number of benzene rings is 4. The molecule has 8 nitrogen and oxygen atoms in total. The van der Waals surface area contributed by atoms with Gasteiger partial charge in [-0.1, -0.05) is 133 Å². The number of carbonyl (C=O) groups excluding carboxylic acids is 2. The summed E-state index contributed by atoms with van der Waals surface area (Å²) in [6.45, 7) is 37.3. The third-order valence-electron chi connectivity index (χ3n) is 10.5. The third-order valence-corrected chi connectivity index (χ3v) is 10.5. The zero-order valence-electron chi connectivity index (χ0n) is 40.5. The molecule has 0 aliphatic rings. The van der Waals surface area contributed by atoms with Gasteiger partial charge in [-0.2, -0.15) is 0 Å². The van der Waals surface area contributed by atoms with Gasteiger partial charge in [-0.3, -0.25) is 0 Å². The summed E-state index contributed by atoms with van der Waals surface area (Å²) in [6.07, 6.45) is -0.646. The maximum atomic E-state index is 12.6. The van der Waals surface area contributed by atoms with Crippen molar-refractivity contribution in [1.82, 2.24) is 0 Å². The molecule has 4 aromatic rings. The van der Waals surface area contributed by atoms with Crippen LogP contribution >= 0.6 is 0 Å². The molecule has 63 heavy (non-hydrogen) atoms. The molecular formula is C55H72O8. The highest BCUT2D eigenvalue weighted by atomic mass is 16.6. The highest BCUT2D eigenvalue weighted by molar-refractivity contribution is 5.87. The molecule has 0 bridgehead atoms. The van der Waals surface area contributed by atoms with E-state index in [1.807, 2.05) is 48.5 Å². The SMILES string of the molecule is C=C(C)C(=O)OC(COc1ccc(Cc2ccc(OCC(COc3cc(C(C)(C)C)cc(C(C)(C)C)c3)OC(=O)C(=C)C)cc2)cc1)COc1cc(C(C)(C)C)cc(C(C)(C)C)c1. The van der Waals surface area contributed by atoms with Crippen molar-refractivity contribution < 1.29 is 38.0 Å². The lowest BCUT2D eigenvalue weighted by Crippen LogP contribution is -2.31. The van der Waals surface area contributed by atoms with E-state index >= 15 is 0 Å². The van der Waals surface area contributed by atoms with E-state index in [0.29, 0.717) is 29.1 Å². The molecule has 4 aromatic carbocycles. The van der Waals surface area contributed by atoms with Crippen molar-refractivity contribution in [3.63, 3.8) is 0 Å². The lowest BCUT2D eigenvalue weighted by molar-refractivity contribution is -0.148. The van der Waals surface area contributed by atoms with Crippen LogP contribution in [0.5, 0.6) is 23.0 Å². The summed E-state index contributed by atoms with van der Waals surface area (Å²) >= 11 is 0. The Morgan fingerprint density at radius 3 is 0.921 bits per heavy atom. The smallest absolute Gasteiger partial charge is 0.333 e. The minimum absolute atomic E-state index is 0.0689. The van der Waals surface area contributed by atoms with Gasteiger partial charge in [-0.05, 0) is 124 Å². The van der Waals surface area contributed by atoms with Crippen molar-refractivity contribution in [3.8, 4) is 23.0 Å². The quantitative estimate of drug-likeness (QED) is 0.0722. The Kier molecular flexibility index (Phi) is 16.5. The summed E-state index contributed by atoms with van der Waals surface area (Å²) in [4.78, 5) is 25.2. The van der Waals surface area contributed by atoms with Crippen molar-refractivity contribution >= 4 is 11.9 Å². The average molecular weight is 861 g/mol. The zero-order valence-corrected chi connectivity index (χ0v) is 40.5. The van der Waals surface area contributed by atoms with Crippen molar-refractivity contribution in [1.29, 1.82) is 0 Å². The highest BCUT2D eigenvalue weighted by Crippen LogP contribution is 2.35. The van der Waals surface area contributed by atoms with Gasteiger partial charge in [0.2, 0.25) is 0 Å². The molecule has 0 N–H and O–H groups in total. The molecule has 340 valence electrons. The summed E-state index contributed by atoms with van der Waals surface area (Å²) in [5.41, 5.74) is 7.19. The molecule has 0 saturated carbocycles. The maximum absolute atomic E-state index is 12.6. The molecule has 8 heteroatoms. The minimum Gasteiger partial charge on any atom is -0.490 e. The van der Waals surface area contributed by atoms with Crippen LogP contribution in [-0.4, -0.2) is 50.6 Å². The fourth-order valence-corrected chi connectivity index (χ4v) is 6.23. The Bertz CT molecular complexity index is 1960. The fourth-order valence-electron chi connectivity index (χ4n) is 6.23.